The number of halogens is 3. The molecule has 0 fully saturated rings. The van der Waals surface area contributed by atoms with Crippen molar-refractivity contribution < 1.29 is 18.7 Å². The highest BCUT2D eigenvalue weighted by Crippen LogP contribution is 2.32. The average Bonchev–Trinajstić information content (AvgIpc) is 2.65. The van der Waals surface area contributed by atoms with Crippen molar-refractivity contribution in [2.24, 2.45) is 0 Å². The van der Waals surface area contributed by atoms with Gasteiger partial charge >= 0.3 is 0 Å². The van der Waals surface area contributed by atoms with Gasteiger partial charge < -0.3 is 15.0 Å². The lowest BCUT2D eigenvalue weighted by Crippen LogP contribution is -2.42. The van der Waals surface area contributed by atoms with E-state index in [0.29, 0.717) is 16.6 Å². The normalized spacial score (nSPS) is 10.4. The number of hydrogen-bond donors (Lipinski definition) is 1. The van der Waals surface area contributed by atoms with Crippen LogP contribution in [0.1, 0.15) is 12.5 Å². The first-order chi connectivity index (χ1) is 12.9. The Kier molecular flexibility index (Phi) is 7.88. The Morgan fingerprint density at radius 3 is 2.33 bits per heavy atom. The van der Waals surface area contributed by atoms with E-state index in [-0.39, 0.29) is 43.1 Å². The lowest BCUT2D eigenvalue weighted by molar-refractivity contribution is -0.137. The second kappa shape index (κ2) is 10.1. The Balaban J connectivity index is 1.84. The monoisotopic (exact) mass is 412 g/mol. The molecule has 0 bridgehead atoms. The molecule has 144 valence electrons. The second-order valence-electron chi connectivity index (χ2n) is 5.65. The average molecular weight is 413 g/mol. The van der Waals surface area contributed by atoms with E-state index in [1.807, 2.05) is 0 Å². The second-order valence-corrected chi connectivity index (χ2v) is 6.46. The molecule has 0 atom stereocenters. The van der Waals surface area contributed by atoms with Gasteiger partial charge in [-0.05, 0) is 36.8 Å². The van der Waals surface area contributed by atoms with Gasteiger partial charge in [-0.15, -0.1) is 0 Å². The molecule has 0 aromatic heterocycles. The number of amides is 2. The highest BCUT2D eigenvalue weighted by Gasteiger charge is 2.17. The lowest BCUT2D eigenvalue weighted by atomic mass is 10.2. The molecule has 0 aliphatic carbocycles. The minimum atomic E-state index is -0.370. The van der Waals surface area contributed by atoms with Crippen LogP contribution in [0.15, 0.2) is 42.5 Å². The molecular formula is C19H19Cl2FN2O3. The smallest absolute Gasteiger partial charge is 0.260 e. The third-order valence-electron chi connectivity index (χ3n) is 3.73. The highest BCUT2D eigenvalue weighted by atomic mass is 35.5. The van der Waals surface area contributed by atoms with Gasteiger partial charge in [-0.3, -0.25) is 9.59 Å². The molecule has 2 amide bonds. The van der Waals surface area contributed by atoms with Crippen molar-refractivity contribution in [2.75, 3.05) is 19.7 Å². The van der Waals surface area contributed by atoms with Crippen LogP contribution in [0.5, 0.6) is 5.75 Å². The standard InChI is InChI=1S/C19H19Cl2FN2O3/c1-2-24(11-17(25)23-10-13-6-8-14(22)9-7-13)18(26)12-27-19-15(20)4-3-5-16(19)21/h3-9H,2,10-12H2,1H3,(H,23,25). The van der Waals surface area contributed by atoms with Crippen molar-refractivity contribution in [1.29, 1.82) is 0 Å². The van der Waals surface area contributed by atoms with Crippen LogP contribution in [0, 0.1) is 5.82 Å². The largest absolute Gasteiger partial charge is 0.481 e. The van der Waals surface area contributed by atoms with E-state index < -0.39 is 0 Å². The molecule has 0 saturated heterocycles. The molecule has 8 heteroatoms. The molecule has 0 aliphatic rings. The number of likely N-dealkylation sites (N-methyl/N-ethyl adjacent to an activating group) is 1. The number of hydrogen-bond acceptors (Lipinski definition) is 3. The topological polar surface area (TPSA) is 58.6 Å². The Labute approximate surface area is 167 Å². The summed E-state index contributed by atoms with van der Waals surface area (Å²) in [6, 6.07) is 10.7. The molecule has 2 aromatic rings. The molecule has 27 heavy (non-hydrogen) atoms. The maximum Gasteiger partial charge on any atom is 0.260 e. The minimum Gasteiger partial charge on any atom is -0.481 e. The number of ether oxygens (including phenoxy) is 1. The number of carbonyl (C=O) groups excluding carboxylic acids is 2. The number of carbonyl (C=O) groups is 2. The zero-order valence-electron chi connectivity index (χ0n) is 14.7. The molecule has 2 rings (SSSR count). The summed E-state index contributed by atoms with van der Waals surface area (Å²) in [5.74, 6) is -0.812. The summed E-state index contributed by atoms with van der Waals surface area (Å²) in [7, 11) is 0. The Bertz CT molecular complexity index is 780. The first-order valence-electron chi connectivity index (χ1n) is 8.26. The van der Waals surface area contributed by atoms with Crippen molar-refractivity contribution in [3.05, 3.63) is 63.9 Å². The van der Waals surface area contributed by atoms with E-state index in [1.165, 1.54) is 17.0 Å². The van der Waals surface area contributed by atoms with Crippen molar-refractivity contribution in [3.8, 4) is 5.75 Å². The number of rotatable bonds is 8. The van der Waals surface area contributed by atoms with Crippen LogP contribution in [0.2, 0.25) is 10.0 Å². The van der Waals surface area contributed by atoms with Gasteiger partial charge in [0.15, 0.2) is 12.4 Å². The zero-order chi connectivity index (χ0) is 19.8. The van der Waals surface area contributed by atoms with E-state index in [1.54, 1.807) is 37.3 Å². The van der Waals surface area contributed by atoms with Gasteiger partial charge in [0.05, 0.1) is 16.6 Å². The van der Waals surface area contributed by atoms with Crippen LogP contribution in [0.3, 0.4) is 0 Å². The maximum absolute atomic E-state index is 12.9. The van der Waals surface area contributed by atoms with Gasteiger partial charge in [-0.1, -0.05) is 41.4 Å². The van der Waals surface area contributed by atoms with Gasteiger partial charge in [0.25, 0.3) is 5.91 Å². The van der Waals surface area contributed by atoms with Crippen LogP contribution >= 0.6 is 23.2 Å². The SMILES string of the molecule is CCN(CC(=O)NCc1ccc(F)cc1)C(=O)COc1c(Cl)cccc1Cl. The van der Waals surface area contributed by atoms with Gasteiger partial charge in [-0.25, -0.2) is 4.39 Å². The van der Waals surface area contributed by atoms with E-state index in [4.69, 9.17) is 27.9 Å². The molecule has 0 radical (unpaired) electrons. The summed E-state index contributed by atoms with van der Waals surface area (Å²) in [6.07, 6.45) is 0. The molecule has 0 heterocycles. The van der Waals surface area contributed by atoms with E-state index >= 15 is 0 Å². The quantitative estimate of drug-likeness (QED) is 0.719. The van der Waals surface area contributed by atoms with E-state index in [2.05, 4.69) is 5.32 Å². The van der Waals surface area contributed by atoms with Gasteiger partial charge in [0, 0.05) is 13.1 Å². The molecule has 0 aliphatic heterocycles. The fourth-order valence-electron chi connectivity index (χ4n) is 2.25. The summed E-state index contributed by atoms with van der Waals surface area (Å²) in [5, 5.41) is 3.29. The molecular weight excluding hydrogens is 394 g/mol. The maximum atomic E-state index is 12.9. The van der Waals surface area contributed by atoms with E-state index in [0.717, 1.165) is 5.56 Å². The fourth-order valence-corrected chi connectivity index (χ4v) is 2.76. The predicted octanol–water partition coefficient (Wildman–Crippen LogP) is 3.68. The third kappa shape index (κ3) is 6.41. The van der Waals surface area contributed by atoms with Crippen LogP contribution in [0.25, 0.3) is 0 Å². The Morgan fingerprint density at radius 1 is 1.11 bits per heavy atom. The molecule has 0 unspecified atom stereocenters. The molecule has 5 nitrogen and oxygen atoms in total. The van der Waals surface area contributed by atoms with Crippen molar-refractivity contribution in [2.45, 2.75) is 13.5 Å². The summed E-state index contributed by atoms with van der Waals surface area (Å²) in [5.41, 5.74) is 0.760. The van der Waals surface area contributed by atoms with Crippen molar-refractivity contribution in [3.63, 3.8) is 0 Å². The summed E-state index contributed by atoms with van der Waals surface area (Å²) in [4.78, 5) is 25.7. The minimum absolute atomic E-state index is 0.115. The summed E-state index contributed by atoms with van der Waals surface area (Å²) < 4.78 is 18.3. The van der Waals surface area contributed by atoms with Crippen LogP contribution < -0.4 is 10.1 Å². The summed E-state index contributed by atoms with van der Waals surface area (Å²) >= 11 is 12.0. The first-order valence-corrected chi connectivity index (χ1v) is 9.02. The zero-order valence-corrected chi connectivity index (χ0v) is 16.2. The lowest BCUT2D eigenvalue weighted by Gasteiger charge is -2.21. The molecule has 0 saturated carbocycles. The van der Waals surface area contributed by atoms with Crippen molar-refractivity contribution in [1.82, 2.24) is 10.2 Å². The van der Waals surface area contributed by atoms with Crippen LogP contribution in [0.4, 0.5) is 4.39 Å². The van der Waals surface area contributed by atoms with Crippen LogP contribution in [-0.4, -0.2) is 36.4 Å². The highest BCUT2D eigenvalue weighted by molar-refractivity contribution is 6.37. The van der Waals surface area contributed by atoms with Gasteiger partial charge in [0.1, 0.15) is 5.82 Å². The van der Waals surface area contributed by atoms with E-state index in [9.17, 15) is 14.0 Å². The predicted molar refractivity (Wildman–Crippen MR) is 102 cm³/mol. The third-order valence-corrected chi connectivity index (χ3v) is 4.33. The molecule has 0 spiro atoms. The molecule has 2 aromatic carbocycles. The van der Waals surface area contributed by atoms with Gasteiger partial charge in [-0.2, -0.15) is 0 Å². The van der Waals surface area contributed by atoms with Gasteiger partial charge in [0.2, 0.25) is 5.91 Å². The number of nitrogens with zero attached hydrogens (tertiary/aromatic N) is 1. The number of benzene rings is 2. The Morgan fingerprint density at radius 2 is 1.74 bits per heavy atom. The Hall–Kier alpha value is -2.31. The first kappa shape index (κ1) is 21.0. The van der Waals surface area contributed by atoms with Crippen LogP contribution in [-0.2, 0) is 16.1 Å². The fraction of sp³-hybridized carbons (Fsp3) is 0.263. The number of para-hydroxylation sites is 1. The molecule has 1 N–H and O–H groups in total. The summed E-state index contributed by atoms with van der Waals surface area (Å²) in [6.45, 7) is 1.94. The number of nitrogens with one attached hydrogen (secondary N) is 1. The van der Waals surface area contributed by atoms with Crippen molar-refractivity contribution >= 4 is 35.0 Å².